The molecule has 1 amide bonds. The minimum Gasteiger partial charge on any atom is -0.365 e. The molecule has 3 rings (SSSR count). The summed E-state index contributed by atoms with van der Waals surface area (Å²) in [5.74, 6) is -0.604. The number of rotatable bonds is 4. The lowest BCUT2D eigenvalue weighted by molar-refractivity contribution is 0.100. The Labute approximate surface area is 131 Å². The van der Waals surface area contributed by atoms with E-state index in [-0.39, 0.29) is 17.1 Å². The summed E-state index contributed by atoms with van der Waals surface area (Å²) in [6, 6.07) is 6.30. The molecule has 0 aliphatic heterocycles. The van der Waals surface area contributed by atoms with Crippen molar-refractivity contribution in [3.8, 4) is 5.69 Å². The molecule has 0 spiro atoms. The van der Waals surface area contributed by atoms with E-state index in [1.54, 1.807) is 31.5 Å². The number of nitrogens with one attached hydrogen (secondary N) is 1. The van der Waals surface area contributed by atoms with Crippen molar-refractivity contribution in [2.45, 2.75) is 6.92 Å². The first-order valence-corrected chi connectivity index (χ1v) is 6.74. The number of anilines is 2. The third-order valence-corrected chi connectivity index (χ3v) is 3.15. The highest BCUT2D eigenvalue weighted by Crippen LogP contribution is 2.23. The summed E-state index contributed by atoms with van der Waals surface area (Å²) in [4.78, 5) is 19.4. The molecule has 2 heterocycles. The van der Waals surface area contributed by atoms with E-state index in [2.05, 4.69) is 20.4 Å². The van der Waals surface area contributed by atoms with Crippen molar-refractivity contribution < 1.29 is 9.18 Å². The predicted octanol–water partition coefficient (Wildman–Crippen LogP) is 1.95. The molecular weight excluding hydrogens is 299 g/mol. The van der Waals surface area contributed by atoms with E-state index in [0.29, 0.717) is 11.5 Å². The van der Waals surface area contributed by atoms with E-state index in [1.807, 2.05) is 0 Å². The van der Waals surface area contributed by atoms with Crippen LogP contribution in [0.3, 0.4) is 0 Å². The summed E-state index contributed by atoms with van der Waals surface area (Å²) in [6.45, 7) is 1.66. The zero-order valence-electron chi connectivity index (χ0n) is 12.2. The molecule has 0 saturated heterocycles. The first-order chi connectivity index (χ1) is 11.0. The smallest absolute Gasteiger partial charge is 0.254 e. The summed E-state index contributed by atoms with van der Waals surface area (Å²) >= 11 is 0. The summed E-state index contributed by atoms with van der Waals surface area (Å²) in [6.07, 6.45) is 4.62. The molecule has 3 N–H and O–H groups in total. The Morgan fingerprint density at radius 1 is 1.39 bits per heavy atom. The third kappa shape index (κ3) is 3.00. The predicted molar refractivity (Wildman–Crippen MR) is 82.1 cm³/mol. The summed E-state index contributed by atoms with van der Waals surface area (Å²) in [5.41, 5.74) is 6.11. The van der Waals surface area contributed by atoms with Gasteiger partial charge in [-0.25, -0.2) is 19.0 Å². The number of hydrogen-bond donors (Lipinski definition) is 2. The molecule has 0 bridgehead atoms. The van der Waals surface area contributed by atoms with Gasteiger partial charge in [0.05, 0.1) is 11.4 Å². The number of halogens is 1. The van der Waals surface area contributed by atoms with Crippen molar-refractivity contribution >= 4 is 17.4 Å². The maximum Gasteiger partial charge on any atom is 0.254 e. The van der Waals surface area contributed by atoms with Crippen molar-refractivity contribution in [1.82, 2.24) is 19.7 Å². The van der Waals surface area contributed by atoms with E-state index in [0.717, 1.165) is 0 Å². The minimum atomic E-state index is -0.693. The van der Waals surface area contributed by atoms with Gasteiger partial charge >= 0.3 is 0 Å². The molecular formula is C15H13FN6O. The van der Waals surface area contributed by atoms with Gasteiger partial charge in [0.25, 0.3) is 5.91 Å². The molecule has 0 aliphatic rings. The molecule has 0 saturated carbocycles. The van der Waals surface area contributed by atoms with Crippen molar-refractivity contribution in [3.05, 3.63) is 60.1 Å². The molecule has 0 atom stereocenters. The summed E-state index contributed by atoms with van der Waals surface area (Å²) in [7, 11) is 0. The lowest BCUT2D eigenvalue weighted by Gasteiger charge is -2.11. The van der Waals surface area contributed by atoms with Crippen LogP contribution in [-0.4, -0.2) is 25.7 Å². The van der Waals surface area contributed by atoms with Gasteiger partial charge in [0.15, 0.2) is 0 Å². The van der Waals surface area contributed by atoms with Crippen molar-refractivity contribution in [1.29, 1.82) is 0 Å². The molecule has 8 heteroatoms. The first kappa shape index (κ1) is 14.6. The fourth-order valence-corrected chi connectivity index (χ4v) is 2.04. The van der Waals surface area contributed by atoms with E-state index in [4.69, 9.17) is 5.73 Å². The Morgan fingerprint density at radius 2 is 2.22 bits per heavy atom. The molecule has 0 unspecified atom stereocenters. The maximum absolute atomic E-state index is 14.3. The number of amides is 1. The number of hydrogen-bond acceptors (Lipinski definition) is 5. The molecule has 0 radical (unpaired) electrons. The number of benzene rings is 1. The topological polar surface area (TPSA) is 98.7 Å². The highest BCUT2D eigenvalue weighted by molar-refractivity contribution is 5.97. The first-order valence-electron chi connectivity index (χ1n) is 6.74. The van der Waals surface area contributed by atoms with Crippen LogP contribution in [0.5, 0.6) is 0 Å². The van der Waals surface area contributed by atoms with E-state index < -0.39 is 11.7 Å². The largest absolute Gasteiger partial charge is 0.365 e. The molecule has 2 aromatic heterocycles. The molecule has 23 heavy (non-hydrogen) atoms. The van der Waals surface area contributed by atoms with Crippen LogP contribution < -0.4 is 11.1 Å². The normalized spacial score (nSPS) is 10.5. The molecule has 1 aromatic carbocycles. The quantitative estimate of drug-likeness (QED) is 0.767. The standard InChI is InChI=1S/C15H13FN6O/c1-9-18-8-11(14(17)23)15(20-9)21-13-4-3-10(7-12(13)16)22-6-2-5-19-22/h2-8H,1H3,(H2,17,23)(H,18,20,21). The van der Waals surface area contributed by atoms with Gasteiger partial charge in [-0.05, 0) is 25.1 Å². The van der Waals surface area contributed by atoms with Gasteiger partial charge in [0.2, 0.25) is 0 Å². The van der Waals surface area contributed by atoms with Crippen LogP contribution in [0, 0.1) is 12.7 Å². The lowest BCUT2D eigenvalue weighted by atomic mass is 10.2. The molecule has 3 aromatic rings. The van der Waals surface area contributed by atoms with E-state index >= 15 is 0 Å². The van der Waals surface area contributed by atoms with Crippen LogP contribution >= 0.6 is 0 Å². The zero-order valence-corrected chi connectivity index (χ0v) is 12.2. The monoisotopic (exact) mass is 312 g/mol. The summed E-state index contributed by atoms with van der Waals surface area (Å²) in [5, 5.41) is 6.82. The SMILES string of the molecule is Cc1ncc(C(N)=O)c(Nc2ccc(-n3cccn3)cc2F)n1. The summed E-state index contributed by atoms with van der Waals surface area (Å²) < 4.78 is 15.8. The number of nitrogens with zero attached hydrogens (tertiary/aromatic N) is 4. The maximum atomic E-state index is 14.3. The van der Waals surface area contributed by atoms with Gasteiger partial charge in [0, 0.05) is 24.7 Å². The average molecular weight is 312 g/mol. The average Bonchev–Trinajstić information content (AvgIpc) is 3.03. The van der Waals surface area contributed by atoms with Crippen LogP contribution in [0.2, 0.25) is 0 Å². The number of carbonyl (C=O) groups is 1. The Balaban J connectivity index is 1.95. The van der Waals surface area contributed by atoms with Crippen molar-refractivity contribution in [3.63, 3.8) is 0 Å². The van der Waals surface area contributed by atoms with Crippen LogP contribution in [0.25, 0.3) is 5.69 Å². The van der Waals surface area contributed by atoms with Gasteiger partial charge in [0.1, 0.15) is 23.0 Å². The molecule has 0 aliphatic carbocycles. The zero-order chi connectivity index (χ0) is 16.4. The number of carbonyl (C=O) groups excluding carboxylic acids is 1. The van der Waals surface area contributed by atoms with Crippen LogP contribution in [0.1, 0.15) is 16.2 Å². The van der Waals surface area contributed by atoms with Crippen LogP contribution in [-0.2, 0) is 0 Å². The van der Waals surface area contributed by atoms with Gasteiger partial charge in [-0.15, -0.1) is 0 Å². The third-order valence-electron chi connectivity index (χ3n) is 3.15. The van der Waals surface area contributed by atoms with Gasteiger partial charge in [-0.1, -0.05) is 0 Å². The minimum absolute atomic E-state index is 0.0890. The number of aromatic nitrogens is 4. The van der Waals surface area contributed by atoms with Gasteiger partial charge in [-0.2, -0.15) is 5.10 Å². The van der Waals surface area contributed by atoms with Crippen molar-refractivity contribution in [2.24, 2.45) is 5.73 Å². The van der Waals surface area contributed by atoms with Crippen LogP contribution in [0.15, 0.2) is 42.9 Å². The fourth-order valence-electron chi connectivity index (χ4n) is 2.04. The highest BCUT2D eigenvalue weighted by atomic mass is 19.1. The molecule has 0 fully saturated rings. The molecule has 116 valence electrons. The second kappa shape index (κ2) is 5.84. The van der Waals surface area contributed by atoms with E-state index in [1.165, 1.54) is 23.0 Å². The second-order valence-corrected chi connectivity index (χ2v) is 4.78. The van der Waals surface area contributed by atoms with Crippen LogP contribution in [0.4, 0.5) is 15.9 Å². The van der Waals surface area contributed by atoms with Gasteiger partial charge in [-0.3, -0.25) is 4.79 Å². The number of aryl methyl sites for hydroxylation is 1. The second-order valence-electron chi connectivity index (χ2n) is 4.78. The number of nitrogens with two attached hydrogens (primary N) is 1. The van der Waals surface area contributed by atoms with Crippen molar-refractivity contribution in [2.75, 3.05) is 5.32 Å². The van der Waals surface area contributed by atoms with E-state index in [9.17, 15) is 9.18 Å². The Hall–Kier alpha value is -3.29. The fraction of sp³-hybridized carbons (Fsp3) is 0.0667. The Morgan fingerprint density at radius 3 is 2.87 bits per heavy atom. The molecule has 7 nitrogen and oxygen atoms in total. The lowest BCUT2D eigenvalue weighted by Crippen LogP contribution is -2.15. The Bertz CT molecular complexity index is 862. The van der Waals surface area contributed by atoms with Gasteiger partial charge < -0.3 is 11.1 Å². The highest BCUT2D eigenvalue weighted by Gasteiger charge is 2.13. The number of primary amides is 1. The Kier molecular flexibility index (Phi) is 3.71.